The van der Waals surface area contributed by atoms with Crippen molar-refractivity contribution < 1.29 is 14.3 Å². The molecule has 5 heteroatoms. The number of aryl methyl sites for hydroxylation is 1. The van der Waals surface area contributed by atoms with E-state index in [4.69, 9.17) is 19.2 Å². The molecule has 0 bridgehead atoms. The summed E-state index contributed by atoms with van der Waals surface area (Å²) in [4.78, 5) is 6.86. The van der Waals surface area contributed by atoms with Gasteiger partial charge in [-0.3, -0.25) is 0 Å². The molecule has 3 aromatic rings. The van der Waals surface area contributed by atoms with E-state index in [1.807, 2.05) is 44.3 Å². The number of hydrogen-bond acceptors (Lipinski definition) is 5. The Kier molecular flexibility index (Phi) is 5.36. The number of rotatable bonds is 7. The van der Waals surface area contributed by atoms with Crippen molar-refractivity contribution in [1.29, 1.82) is 0 Å². The van der Waals surface area contributed by atoms with Crippen LogP contribution in [0, 0.1) is 6.92 Å². The minimum atomic E-state index is 0.200. The number of hydrogen-bond donors (Lipinski definition) is 1. The second kappa shape index (κ2) is 7.68. The molecule has 132 valence electrons. The van der Waals surface area contributed by atoms with Gasteiger partial charge in [-0.2, -0.15) is 0 Å². The molecule has 5 nitrogen and oxygen atoms in total. The van der Waals surface area contributed by atoms with Gasteiger partial charge in [-0.15, -0.1) is 0 Å². The number of aliphatic hydroxyl groups is 1. The normalized spacial score (nSPS) is 11.4. The zero-order valence-corrected chi connectivity index (χ0v) is 15.0. The highest BCUT2D eigenvalue weighted by Crippen LogP contribution is 2.34. The lowest BCUT2D eigenvalue weighted by Gasteiger charge is -2.14. The lowest BCUT2D eigenvalue weighted by atomic mass is 10.0. The predicted molar refractivity (Wildman–Crippen MR) is 98.8 cm³/mol. The number of nitrogens with zero attached hydrogens (tertiary/aromatic N) is 2. The highest BCUT2D eigenvalue weighted by Gasteiger charge is 2.16. The lowest BCUT2D eigenvalue weighted by molar-refractivity contribution is 0.242. The van der Waals surface area contributed by atoms with Crippen LogP contribution in [-0.2, 0) is 6.54 Å². The fourth-order valence-corrected chi connectivity index (χ4v) is 3.00. The molecule has 0 aliphatic heterocycles. The van der Waals surface area contributed by atoms with Gasteiger partial charge < -0.3 is 19.2 Å². The SMILES string of the molecule is COc1ccc(-c2nc(CN(C)CCCO)c(C)o2)c2ccccc12. The van der Waals surface area contributed by atoms with E-state index in [0.717, 1.165) is 46.5 Å². The Balaban J connectivity index is 1.95. The molecule has 3 rings (SSSR count). The third kappa shape index (κ3) is 3.67. The van der Waals surface area contributed by atoms with Gasteiger partial charge in [0.2, 0.25) is 5.89 Å². The van der Waals surface area contributed by atoms with Crippen LogP contribution in [0.1, 0.15) is 17.9 Å². The van der Waals surface area contributed by atoms with Gasteiger partial charge in [0.05, 0.1) is 12.8 Å². The third-order valence-electron chi connectivity index (χ3n) is 4.34. The van der Waals surface area contributed by atoms with Gasteiger partial charge in [-0.05, 0) is 37.9 Å². The van der Waals surface area contributed by atoms with Crippen molar-refractivity contribution in [3.63, 3.8) is 0 Å². The monoisotopic (exact) mass is 340 g/mol. The van der Waals surface area contributed by atoms with E-state index >= 15 is 0 Å². The quantitative estimate of drug-likeness (QED) is 0.712. The first-order valence-electron chi connectivity index (χ1n) is 8.46. The summed E-state index contributed by atoms with van der Waals surface area (Å²) in [5, 5.41) is 11.1. The zero-order valence-electron chi connectivity index (χ0n) is 15.0. The summed E-state index contributed by atoms with van der Waals surface area (Å²) in [5.74, 6) is 2.29. The Morgan fingerprint density at radius 2 is 1.92 bits per heavy atom. The molecule has 0 spiro atoms. The zero-order chi connectivity index (χ0) is 17.8. The van der Waals surface area contributed by atoms with Crippen molar-refractivity contribution in [3.05, 3.63) is 47.9 Å². The minimum Gasteiger partial charge on any atom is -0.496 e. The predicted octanol–water partition coefficient (Wildman–Crippen LogP) is 3.63. The molecule has 0 aliphatic carbocycles. The summed E-state index contributed by atoms with van der Waals surface area (Å²) in [7, 11) is 3.70. The first-order chi connectivity index (χ1) is 12.1. The van der Waals surface area contributed by atoms with E-state index in [9.17, 15) is 0 Å². The number of benzene rings is 2. The summed E-state index contributed by atoms with van der Waals surface area (Å²) in [6.07, 6.45) is 0.753. The molecular formula is C20H24N2O3. The molecule has 2 aromatic carbocycles. The van der Waals surface area contributed by atoms with Crippen LogP contribution in [0.25, 0.3) is 22.2 Å². The molecule has 0 fully saturated rings. The molecule has 0 saturated heterocycles. The summed E-state index contributed by atoms with van der Waals surface area (Å²) >= 11 is 0. The van der Waals surface area contributed by atoms with Crippen LogP contribution in [0.2, 0.25) is 0 Å². The number of aliphatic hydroxyl groups excluding tert-OH is 1. The van der Waals surface area contributed by atoms with Crippen LogP contribution in [0.4, 0.5) is 0 Å². The van der Waals surface area contributed by atoms with Crippen LogP contribution in [-0.4, -0.2) is 42.3 Å². The van der Waals surface area contributed by atoms with Crippen molar-refractivity contribution in [2.75, 3.05) is 27.3 Å². The van der Waals surface area contributed by atoms with Crippen LogP contribution in [0.5, 0.6) is 5.75 Å². The maximum Gasteiger partial charge on any atom is 0.227 e. The maximum absolute atomic E-state index is 8.96. The fraction of sp³-hybridized carbons (Fsp3) is 0.350. The van der Waals surface area contributed by atoms with Crippen molar-refractivity contribution in [2.45, 2.75) is 19.9 Å². The van der Waals surface area contributed by atoms with Gasteiger partial charge in [0.25, 0.3) is 0 Å². The molecule has 0 unspecified atom stereocenters. The van der Waals surface area contributed by atoms with E-state index < -0.39 is 0 Å². The first kappa shape index (κ1) is 17.5. The van der Waals surface area contributed by atoms with E-state index in [2.05, 4.69) is 11.0 Å². The number of fused-ring (bicyclic) bond motifs is 1. The van der Waals surface area contributed by atoms with E-state index in [1.165, 1.54) is 0 Å². The molecular weight excluding hydrogens is 316 g/mol. The molecule has 0 atom stereocenters. The minimum absolute atomic E-state index is 0.200. The highest BCUT2D eigenvalue weighted by atomic mass is 16.5. The molecule has 25 heavy (non-hydrogen) atoms. The Bertz CT molecular complexity index is 857. The van der Waals surface area contributed by atoms with E-state index in [-0.39, 0.29) is 6.61 Å². The van der Waals surface area contributed by atoms with Gasteiger partial charge in [0.1, 0.15) is 11.5 Å². The highest BCUT2D eigenvalue weighted by molar-refractivity contribution is 5.98. The van der Waals surface area contributed by atoms with E-state index in [1.54, 1.807) is 7.11 Å². The van der Waals surface area contributed by atoms with E-state index in [0.29, 0.717) is 12.4 Å². The topological polar surface area (TPSA) is 58.7 Å². The van der Waals surface area contributed by atoms with Crippen molar-refractivity contribution in [1.82, 2.24) is 9.88 Å². The lowest BCUT2D eigenvalue weighted by Crippen LogP contribution is -2.20. The number of ether oxygens (including phenoxy) is 1. The number of aromatic nitrogens is 1. The average Bonchev–Trinajstić information content (AvgIpc) is 2.99. The molecule has 0 radical (unpaired) electrons. The molecule has 1 aromatic heterocycles. The first-order valence-corrected chi connectivity index (χ1v) is 8.46. The maximum atomic E-state index is 8.96. The Morgan fingerprint density at radius 3 is 2.64 bits per heavy atom. The molecule has 1 N–H and O–H groups in total. The second-order valence-corrected chi connectivity index (χ2v) is 6.20. The third-order valence-corrected chi connectivity index (χ3v) is 4.34. The van der Waals surface area contributed by atoms with Gasteiger partial charge in [0.15, 0.2) is 0 Å². The van der Waals surface area contributed by atoms with Gasteiger partial charge in [0, 0.05) is 30.6 Å². The standard InChI is InChI=1S/C20H24N2O3/c1-14-18(13-22(2)11-6-12-23)21-20(25-14)17-9-10-19(24-3)16-8-5-4-7-15(16)17/h4-5,7-10,23H,6,11-13H2,1-3H3. The second-order valence-electron chi connectivity index (χ2n) is 6.20. The van der Waals surface area contributed by atoms with Crippen LogP contribution >= 0.6 is 0 Å². The molecule has 0 aliphatic rings. The summed E-state index contributed by atoms with van der Waals surface area (Å²) in [6, 6.07) is 12.0. The largest absolute Gasteiger partial charge is 0.496 e. The molecule has 0 saturated carbocycles. The van der Waals surface area contributed by atoms with Crippen molar-refractivity contribution in [3.8, 4) is 17.2 Å². The van der Waals surface area contributed by atoms with Crippen molar-refractivity contribution in [2.24, 2.45) is 0 Å². The van der Waals surface area contributed by atoms with Crippen molar-refractivity contribution >= 4 is 10.8 Å². The average molecular weight is 340 g/mol. The molecule has 0 amide bonds. The fourth-order valence-electron chi connectivity index (χ4n) is 3.00. The Labute approximate surface area is 147 Å². The van der Waals surface area contributed by atoms with Gasteiger partial charge >= 0.3 is 0 Å². The summed E-state index contributed by atoms with van der Waals surface area (Å²) < 4.78 is 11.4. The molecule has 1 heterocycles. The van der Waals surface area contributed by atoms with Gasteiger partial charge in [-0.1, -0.05) is 24.3 Å². The van der Waals surface area contributed by atoms with Crippen LogP contribution < -0.4 is 4.74 Å². The number of oxazole rings is 1. The Morgan fingerprint density at radius 1 is 1.16 bits per heavy atom. The van der Waals surface area contributed by atoms with Gasteiger partial charge in [-0.25, -0.2) is 4.98 Å². The van der Waals surface area contributed by atoms with Crippen LogP contribution in [0.3, 0.4) is 0 Å². The number of methoxy groups -OCH3 is 1. The summed E-state index contributed by atoms with van der Waals surface area (Å²) in [5.41, 5.74) is 1.89. The van der Waals surface area contributed by atoms with Crippen LogP contribution in [0.15, 0.2) is 40.8 Å². The smallest absolute Gasteiger partial charge is 0.227 e. The Hall–Kier alpha value is -2.37. The summed E-state index contributed by atoms with van der Waals surface area (Å²) in [6.45, 7) is 3.66.